The number of rotatable bonds is 7. The van der Waals surface area contributed by atoms with Crippen molar-refractivity contribution >= 4 is 28.7 Å². The zero-order valence-electron chi connectivity index (χ0n) is 21.6. The Bertz CT molecular complexity index is 1270. The minimum absolute atomic E-state index is 0.0346. The molecule has 4 heterocycles. The summed E-state index contributed by atoms with van der Waals surface area (Å²) in [7, 11) is 1.40. The van der Waals surface area contributed by atoms with Gasteiger partial charge in [-0.25, -0.2) is 9.78 Å². The molecule has 37 heavy (non-hydrogen) atoms. The highest BCUT2D eigenvalue weighted by molar-refractivity contribution is 5.95. The van der Waals surface area contributed by atoms with Crippen molar-refractivity contribution in [1.82, 2.24) is 29.5 Å². The second-order valence-electron chi connectivity index (χ2n) is 9.98. The van der Waals surface area contributed by atoms with Gasteiger partial charge in [0.2, 0.25) is 5.91 Å². The quantitative estimate of drug-likeness (QED) is 0.500. The van der Waals surface area contributed by atoms with Crippen molar-refractivity contribution < 1.29 is 19.4 Å². The number of likely N-dealkylation sites (tertiary alicyclic amines) is 1. The number of carbonyl (C=O) groups excluding carboxylic acids is 2. The van der Waals surface area contributed by atoms with Crippen LogP contribution in [0.3, 0.4) is 0 Å². The highest BCUT2D eigenvalue weighted by Gasteiger charge is 2.32. The second-order valence-corrected chi connectivity index (χ2v) is 9.98. The van der Waals surface area contributed by atoms with E-state index >= 15 is 0 Å². The predicted molar refractivity (Wildman–Crippen MR) is 138 cm³/mol. The third kappa shape index (κ3) is 5.05. The molecule has 0 bridgehead atoms. The van der Waals surface area contributed by atoms with E-state index < -0.39 is 6.23 Å². The maximum absolute atomic E-state index is 12.6. The maximum Gasteiger partial charge on any atom is 0.414 e. The molecule has 0 radical (unpaired) electrons. The summed E-state index contributed by atoms with van der Waals surface area (Å²) in [5.41, 5.74) is 3.66. The van der Waals surface area contributed by atoms with Gasteiger partial charge in [0.05, 0.1) is 30.4 Å². The first-order valence-corrected chi connectivity index (χ1v) is 12.9. The number of nitrogens with zero attached hydrogens (tertiary/aromatic N) is 6. The van der Waals surface area contributed by atoms with Gasteiger partial charge in [0.15, 0.2) is 0 Å². The number of aryl methyl sites for hydroxylation is 3. The van der Waals surface area contributed by atoms with Crippen LogP contribution in [-0.4, -0.2) is 79.8 Å². The van der Waals surface area contributed by atoms with Gasteiger partial charge in [-0.2, -0.15) is 5.10 Å². The Kier molecular flexibility index (Phi) is 7.16. The topological polar surface area (TPSA) is 118 Å². The molecule has 1 fully saturated rings. The summed E-state index contributed by atoms with van der Waals surface area (Å²) in [4.78, 5) is 32.8. The average Bonchev–Trinajstić information content (AvgIpc) is 3.62. The van der Waals surface area contributed by atoms with Crippen molar-refractivity contribution in [2.45, 2.75) is 70.9 Å². The van der Waals surface area contributed by atoms with Gasteiger partial charge in [-0.1, -0.05) is 0 Å². The lowest BCUT2D eigenvalue weighted by atomic mass is 9.96. The number of aliphatic hydroxyl groups is 1. The van der Waals surface area contributed by atoms with Crippen molar-refractivity contribution in [3.05, 3.63) is 42.0 Å². The van der Waals surface area contributed by atoms with Crippen molar-refractivity contribution in [2.24, 2.45) is 0 Å². The first kappa shape index (κ1) is 25.2. The Morgan fingerprint density at radius 1 is 1.30 bits per heavy atom. The molecule has 0 aliphatic carbocycles. The predicted octanol–water partition coefficient (Wildman–Crippen LogP) is 1.91. The number of nitrogens with one attached hydrogen (secondary N) is 1. The molecule has 0 saturated carbocycles. The Morgan fingerprint density at radius 3 is 2.86 bits per heavy atom. The molecule has 3 atom stereocenters. The molecule has 2 aromatic heterocycles. The molecular formula is C26H35N7O4. The van der Waals surface area contributed by atoms with E-state index in [1.54, 1.807) is 11.1 Å². The highest BCUT2D eigenvalue weighted by atomic mass is 16.5. The summed E-state index contributed by atoms with van der Waals surface area (Å²) in [5, 5.41) is 18.5. The Hall–Kier alpha value is -3.44. The fourth-order valence-electron chi connectivity index (χ4n) is 5.64. The Labute approximate surface area is 216 Å². The van der Waals surface area contributed by atoms with Crippen molar-refractivity contribution in [1.29, 1.82) is 0 Å². The van der Waals surface area contributed by atoms with E-state index in [0.717, 1.165) is 47.4 Å². The minimum atomic E-state index is -0.720. The van der Waals surface area contributed by atoms with Gasteiger partial charge in [0.25, 0.3) is 0 Å². The van der Waals surface area contributed by atoms with E-state index in [4.69, 9.17) is 9.72 Å². The van der Waals surface area contributed by atoms with Crippen molar-refractivity contribution in [3.8, 4) is 0 Å². The fraction of sp³-hybridized carbons (Fsp3) is 0.538. The molecule has 1 unspecified atom stereocenters. The lowest BCUT2D eigenvalue weighted by molar-refractivity contribution is -0.119. The van der Waals surface area contributed by atoms with Crippen LogP contribution in [0, 0.1) is 0 Å². The Morgan fingerprint density at radius 2 is 2.14 bits per heavy atom. The number of hydrogen-bond donors (Lipinski definition) is 2. The molecule has 2 aliphatic rings. The molecule has 2 N–H and O–H groups in total. The van der Waals surface area contributed by atoms with E-state index in [9.17, 15) is 14.7 Å². The summed E-state index contributed by atoms with van der Waals surface area (Å²) in [6, 6.07) is 5.93. The Balaban J connectivity index is 1.48. The van der Waals surface area contributed by atoms with Gasteiger partial charge >= 0.3 is 6.09 Å². The fourth-order valence-corrected chi connectivity index (χ4v) is 5.64. The number of imidazole rings is 1. The molecule has 2 amide bonds. The van der Waals surface area contributed by atoms with Crippen molar-refractivity contribution in [3.63, 3.8) is 0 Å². The molecule has 1 saturated heterocycles. The normalized spacial score (nSPS) is 20.7. The molecule has 2 aliphatic heterocycles. The number of methoxy groups -OCH3 is 1. The summed E-state index contributed by atoms with van der Waals surface area (Å²) in [6.45, 7) is 5.88. The monoisotopic (exact) mass is 509 g/mol. The SMILES string of the molecule is COC(=O)N1c2ccc3c(nc(CCn4cccn4)n3CC(O)N3CC[C@@H](NC(C)=O)C3)c2CC[C@@H]1C. The third-order valence-corrected chi connectivity index (χ3v) is 7.48. The molecule has 5 rings (SSSR count). The number of ether oxygens (including phenoxy) is 1. The van der Waals surface area contributed by atoms with Crippen LogP contribution >= 0.6 is 0 Å². The van der Waals surface area contributed by atoms with E-state index in [2.05, 4.69) is 15.0 Å². The van der Waals surface area contributed by atoms with Crippen LogP contribution in [0.1, 0.15) is 38.1 Å². The number of amides is 2. The number of hydrogen-bond acceptors (Lipinski definition) is 7. The largest absolute Gasteiger partial charge is 0.452 e. The summed E-state index contributed by atoms with van der Waals surface area (Å²) < 4.78 is 9.03. The summed E-state index contributed by atoms with van der Waals surface area (Å²) >= 11 is 0. The molecule has 1 aromatic carbocycles. The van der Waals surface area contributed by atoms with Gasteiger partial charge in [-0.3, -0.25) is 19.3 Å². The van der Waals surface area contributed by atoms with Crippen LogP contribution in [0.2, 0.25) is 0 Å². The lowest BCUT2D eigenvalue weighted by Gasteiger charge is -2.34. The van der Waals surface area contributed by atoms with Crippen LogP contribution in [0.15, 0.2) is 30.6 Å². The molecule has 3 aromatic rings. The summed E-state index contributed by atoms with van der Waals surface area (Å²) in [6.07, 6.45) is 5.66. The number of benzene rings is 1. The highest BCUT2D eigenvalue weighted by Crippen LogP contribution is 2.36. The number of aliphatic hydroxyl groups excluding tert-OH is 1. The number of anilines is 1. The smallest absolute Gasteiger partial charge is 0.414 e. The molecule has 0 spiro atoms. The average molecular weight is 510 g/mol. The van der Waals surface area contributed by atoms with Gasteiger partial charge < -0.3 is 19.7 Å². The third-order valence-electron chi connectivity index (χ3n) is 7.48. The van der Waals surface area contributed by atoms with Gasteiger partial charge in [0.1, 0.15) is 12.1 Å². The number of carbonyl (C=O) groups is 2. The van der Waals surface area contributed by atoms with Crippen LogP contribution in [-0.2, 0) is 35.5 Å². The molecule has 198 valence electrons. The maximum atomic E-state index is 12.6. The minimum Gasteiger partial charge on any atom is -0.452 e. The lowest BCUT2D eigenvalue weighted by Crippen LogP contribution is -2.42. The van der Waals surface area contributed by atoms with Crippen LogP contribution in [0.25, 0.3) is 11.0 Å². The number of fused-ring (bicyclic) bond motifs is 3. The van der Waals surface area contributed by atoms with Crippen LogP contribution < -0.4 is 10.2 Å². The first-order valence-electron chi connectivity index (χ1n) is 12.9. The standard InChI is InChI=1S/C26H35N7O4/c1-17-5-6-20-21(33(17)26(36)37-3)7-8-22-25(20)29-23(10-14-31-12-4-11-27-31)32(22)16-24(35)30-13-9-19(15-30)28-18(2)34/h4,7-8,11-12,17,19,24,35H,5-6,9-10,13-16H2,1-3H3,(H,28,34)/t17-,19+,24?/m0/s1. The van der Waals surface area contributed by atoms with E-state index in [-0.39, 0.29) is 24.1 Å². The van der Waals surface area contributed by atoms with E-state index in [1.807, 2.05) is 40.9 Å². The second kappa shape index (κ2) is 10.5. The van der Waals surface area contributed by atoms with Gasteiger partial charge in [-0.15, -0.1) is 0 Å². The zero-order valence-corrected chi connectivity index (χ0v) is 21.6. The molecule has 11 nitrogen and oxygen atoms in total. The molecule has 11 heteroatoms. The molecular weight excluding hydrogens is 474 g/mol. The summed E-state index contributed by atoms with van der Waals surface area (Å²) in [5.74, 6) is 0.807. The van der Waals surface area contributed by atoms with Gasteiger partial charge in [0, 0.05) is 63.0 Å². The van der Waals surface area contributed by atoms with Crippen molar-refractivity contribution in [2.75, 3.05) is 25.1 Å². The van der Waals surface area contributed by atoms with Crippen LogP contribution in [0.4, 0.5) is 10.5 Å². The van der Waals surface area contributed by atoms with E-state index in [1.165, 1.54) is 14.0 Å². The van der Waals surface area contributed by atoms with Crippen LogP contribution in [0.5, 0.6) is 0 Å². The first-order chi connectivity index (χ1) is 17.9. The zero-order chi connectivity index (χ0) is 26.1. The van der Waals surface area contributed by atoms with Gasteiger partial charge in [-0.05, 0) is 44.4 Å². The van der Waals surface area contributed by atoms with E-state index in [0.29, 0.717) is 32.6 Å². The number of aromatic nitrogens is 4.